The zero-order valence-corrected chi connectivity index (χ0v) is 9.06. The summed E-state index contributed by atoms with van der Waals surface area (Å²) >= 11 is 27.4. The van der Waals surface area contributed by atoms with Crippen LogP contribution in [0.25, 0.3) is 0 Å². The quantitative estimate of drug-likeness (QED) is 0.499. The summed E-state index contributed by atoms with van der Waals surface area (Å²) in [5.41, 5.74) is 0. The van der Waals surface area contributed by atoms with Gasteiger partial charge < -0.3 is 0 Å². The summed E-state index contributed by atoms with van der Waals surface area (Å²) in [7, 11) is 0. The van der Waals surface area contributed by atoms with E-state index >= 15 is 0 Å². The summed E-state index contributed by atoms with van der Waals surface area (Å²) in [6.07, 6.45) is 0. The van der Waals surface area contributed by atoms with E-state index in [9.17, 15) is 9.59 Å². The van der Waals surface area contributed by atoms with Crippen LogP contribution in [-0.2, 0) is 9.59 Å². The molecule has 1 fully saturated rings. The second-order valence-electron chi connectivity index (χ2n) is 2.25. The second-order valence-corrected chi connectivity index (χ2v) is 5.40. The van der Waals surface area contributed by atoms with Crippen LogP contribution in [0.5, 0.6) is 0 Å². The highest BCUT2D eigenvalue weighted by Gasteiger charge is 2.68. The fourth-order valence-electron chi connectivity index (χ4n) is 0.745. The zero-order valence-electron chi connectivity index (χ0n) is 5.28. The van der Waals surface area contributed by atoms with E-state index < -0.39 is 25.6 Å². The number of hydrogen-bond acceptors (Lipinski definition) is 2. The van der Waals surface area contributed by atoms with Crippen molar-refractivity contribution in [3.05, 3.63) is 0 Å². The van der Waals surface area contributed by atoms with Gasteiger partial charge in [0.1, 0.15) is 5.38 Å². The number of rotatable bonds is 0. The number of halogens is 5. The largest absolute Gasteiger partial charge is 0.289 e. The molecular formula is C5HCl5O2. The Bertz CT molecular complexity index is 259. The first-order valence-electron chi connectivity index (χ1n) is 2.71. The van der Waals surface area contributed by atoms with Crippen molar-refractivity contribution in [1.82, 2.24) is 0 Å². The van der Waals surface area contributed by atoms with Crippen molar-refractivity contribution in [3.63, 3.8) is 0 Å². The van der Waals surface area contributed by atoms with Crippen LogP contribution in [0.4, 0.5) is 0 Å². The summed E-state index contributed by atoms with van der Waals surface area (Å²) in [5.74, 6) is -2.04. The molecule has 0 bridgehead atoms. The number of hydrogen-bond donors (Lipinski definition) is 0. The molecule has 0 spiro atoms. The average Bonchev–Trinajstić information content (AvgIpc) is 2.05. The van der Waals surface area contributed by atoms with Gasteiger partial charge in [-0.25, -0.2) is 0 Å². The van der Waals surface area contributed by atoms with Gasteiger partial charge in [0.15, 0.2) is 4.33 Å². The smallest absolute Gasteiger partial charge is 0.239 e. The summed E-state index contributed by atoms with van der Waals surface area (Å²) < 4.78 is -4.12. The fourth-order valence-corrected chi connectivity index (χ4v) is 1.89. The highest BCUT2D eigenvalue weighted by Crippen LogP contribution is 2.52. The lowest BCUT2D eigenvalue weighted by Crippen LogP contribution is -2.39. The van der Waals surface area contributed by atoms with E-state index in [1.54, 1.807) is 0 Å². The molecule has 0 radical (unpaired) electrons. The minimum atomic E-state index is -2.15. The molecule has 0 aromatic rings. The lowest BCUT2D eigenvalue weighted by Gasteiger charge is -2.23. The van der Waals surface area contributed by atoms with E-state index in [0.717, 1.165) is 0 Å². The monoisotopic (exact) mass is 268 g/mol. The van der Waals surface area contributed by atoms with Crippen molar-refractivity contribution < 1.29 is 9.59 Å². The molecule has 1 saturated carbocycles. The predicted octanol–water partition coefficient (Wildman–Crippen LogP) is 2.09. The molecule has 1 rings (SSSR count). The third-order valence-electron chi connectivity index (χ3n) is 1.48. The standard InChI is InChI=1S/C5HCl5O2/c6-2-1(11)3(12)5(9,10)4(2,7)8/h2H. The first kappa shape index (κ1) is 10.9. The van der Waals surface area contributed by atoms with Crippen LogP contribution in [0.3, 0.4) is 0 Å². The minimum absolute atomic E-state index is 0.966. The van der Waals surface area contributed by atoms with Gasteiger partial charge >= 0.3 is 0 Å². The Kier molecular flexibility index (Phi) is 2.62. The van der Waals surface area contributed by atoms with Gasteiger partial charge in [-0.2, -0.15) is 0 Å². The van der Waals surface area contributed by atoms with E-state index in [1.165, 1.54) is 0 Å². The topological polar surface area (TPSA) is 34.1 Å². The van der Waals surface area contributed by atoms with Gasteiger partial charge in [0.2, 0.25) is 15.9 Å². The molecule has 0 aromatic carbocycles. The van der Waals surface area contributed by atoms with E-state index in [1.807, 2.05) is 0 Å². The van der Waals surface area contributed by atoms with Crippen LogP contribution in [0.15, 0.2) is 0 Å². The van der Waals surface area contributed by atoms with E-state index in [0.29, 0.717) is 0 Å². The molecule has 0 N–H and O–H groups in total. The normalized spacial score (nSPS) is 32.6. The van der Waals surface area contributed by atoms with E-state index in [-0.39, 0.29) is 0 Å². The van der Waals surface area contributed by atoms with Gasteiger partial charge in [0.05, 0.1) is 0 Å². The van der Waals surface area contributed by atoms with Crippen molar-refractivity contribution >= 4 is 69.6 Å². The Morgan fingerprint density at radius 1 is 1.08 bits per heavy atom. The fraction of sp³-hybridized carbons (Fsp3) is 0.600. The van der Waals surface area contributed by atoms with Crippen molar-refractivity contribution in [2.75, 3.05) is 0 Å². The van der Waals surface area contributed by atoms with Gasteiger partial charge in [0, 0.05) is 0 Å². The number of ketones is 2. The highest BCUT2D eigenvalue weighted by molar-refractivity contribution is 6.82. The van der Waals surface area contributed by atoms with Crippen LogP contribution in [0, 0.1) is 0 Å². The van der Waals surface area contributed by atoms with E-state index in [4.69, 9.17) is 58.0 Å². The molecule has 2 nitrogen and oxygen atoms in total. The maximum atomic E-state index is 11.0. The first-order valence-corrected chi connectivity index (χ1v) is 4.66. The van der Waals surface area contributed by atoms with Crippen molar-refractivity contribution in [2.45, 2.75) is 14.0 Å². The third-order valence-corrected chi connectivity index (χ3v) is 4.55. The molecule has 12 heavy (non-hydrogen) atoms. The Morgan fingerprint density at radius 3 is 1.58 bits per heavy atom. The number of carbonyl (C=O) groups is 2. The molecule has 0 aliphatic heterocycles. The molecule has 0 heterocycles. The maximum absolute atomic E-state index is 11.0. The van der Waals surface area contributed by atoms with Gasteiger partial charge in [-0.3, -0.25) is 9.59 Å². The molecule has 1 unspecified atom stereocenters. The van der Waals surface area contributed by atoms with Gasteiger partial charge in [-0.1, -0.05) is 46.4 Å². The van der Waals surface area contributed by atoms with Crippen LogP contribution in [0.1, 0.15) is 0 Å². The lowest BCUT2D eigenvalue weighted by molar-refractivity contribution is -0.134. The number of alkyl halides is 5. The number of carbonyl (C=O) groups excluding carboxylic acids is 2. The van der Waals surface area contributed by atoms with Crippen LogP contribution >= 0.6 is 58.0 Å². The Morgan fingerprint density at radius 2 is 1.50 bits per heavy atom. The summed E-state index contributed by atoms with van der Waals surface area (Å²) in [6.45, 7) is 0. The molecule has 0 amide bonds. The minimum Gasteiger partial charge on any atom is -0.289 e. The SMILES string of the molecule is O=C1C(=O)C(Cl)(Cl)C(Cl)(Cl)C1Cl. The molecule has 1 aliphatic rings. The second kappa shape index (κ2) is 2.89. The predicted molar refractivity (Wildman–Crippen MR) is 48.5 cm³/mol. The van der Waals surface area contributed by atoms with Crippen molar-refractivity contribution in [3.8, 4) is 0 Å². The first-order chi connectivity index (χ1) is 5.23. The van der Waals surface area contributed by atoms with Crippen molar-refractivity contribution in [1.29, 1.82) is 0 Å². The summed E-state index contributed by atoms with van der Waals surface area (Å²) in [5, 5.41) is -1.40. The summed E-state index contributed by atoms with van der Waals surface area (Å²) in [4.78, 5) is 21.9. The van der Waals surface area contributed by atoms with Crippen LogP contribution in [0.2, 0.25) is 0 Å². The van der Waals surface area contributed by atoms with Gasteiger partial charge in [-0.15, -0.1) is 11.6 Å². The molecule has 0 saturated heterocycles. The molecule has 1 atom stereocenters. The van der Waals surface area contributed by atoms with Gasteiger partial charge in [-0.05, 0) is 0 Å². The Labute approximate surface area is 93.0 Å². The molecule has 68 valence electrons. The van der Waals surface area contributed by atoms with Crippen molar-refractivity contribution in [2.24, 2.45) is 0 Å². The molecule has 7 heteroatoms. The maximum Gasteiger partial charge on any atom is 0.239 e. The molecular weight excluding hydrogens is 269 g/mol. The zero-order chi connectivity index (χ0) is 9.73. The average molecular weight is 270 g/mol. The van der Waals surface area contributed by atoms with E-state index in [2.05, 4.69) is 0 Å². The third kappa shape index (κ3) is 1.17. The van der Waals surface area contributed by atoms with Crippen LogP contribution in [-0.4, -0.2) is 25.6 Å². The number of Topliss-reactive ketones (excluding diaryl/α,β-unsaturated/α-hetero) is 2. The van der Waals surface area contributed by atoms with Crippen LogP contribution < -0.4 is 0 Å². The summed E-state index contributed by atoms with van der Waals surface area (Å²) in [6, 6.07) is 0. The molecule has 0 aromatic heterocycles. The molecule has 1 aliphatic carbocycles. The Hall–Kier alpha value is 0.790. The highest BCUT2D eigenvalue weighted by atomic mass is 35.5. The Balaban J connectivity index is 3.24. The van der Waals surface area contributed by atoms with Gasteiger partial charge in [0.25, 0.3) is 0 Å². The lowest BCUT2D eigenvalue weighted by atomic mass is 10.3.